The molecular formula is C7H6N2O. The molecule has 0 unspecified atom stereocenters. The summed E-state index contributed by atoms with van der Waals surface area (Å²) in [7, 11) is 0. The zero-order valence-electron chi connectivity index (χ0n) is 5.53. The van der Waals surface area contributed by atoms with Crippen molar-refractivity contribution in [1.82, 2.24) is 9.97 Å². The summed E-state index contributed by atoms with van der Waals surface area (Å²) in [6.45, 7) is 1.92. The number of aromatic nitrogens is 2. The maximum Gasteiger partial charge on any atom is 0.182 e. The maximum atomic E-state index is 5.05. The van der Waals surface area contributed by atoms with Crippen LogP contribution in [0.3, 0.4) is 0 Å². The molecule has 2 heterocycles. The number of oxazole rings is 1. The zero-order valence-corrected chi connectivity index (χ0v) is 5.53. The van der Waals surface area contributed by atoms with Gasteiger partial charge in [-0.25, -0.2) is 4.98 Å². The minimum atomic E-state index is 0.799. The number of hydrogen-bond donors (Lipinski definition) is 0. The molecule has 0 N–H and O–H groups in total. The summed E-state index contributed by atoms with van der Waals surface area (Å²) in [6.07, 6.45) is 3.12. The Bertz CT molecular complexity index is 353. The van der Waals surface area contributed by atoms with Gasteiger partial charge in [0.2, 0.25) is 0 Å². The van der Waals surface area contributed by atoms with E-state index in [-0.39, 0.29) is 0 Å². The normalized spacial score (nSPS) is 10.5. The van der Waals surface area contributed by atoms with E-state index in [2.05, 4.69) is 9.97 Å². The zero-order chi connectivity index (χ0) is 6.97. The van der Waals surface area contributed by atoms with Gasteiger partial charge in [-0.2, -0.15) is 0 Å². The molecule has 0 saturated heterocycles. The van der Waals surface area contributed by atoms with Crippen molar-refractivity contribution >= 4 is 11.1 Å². The van der Waals surface area contributed by atoms with Gasteiger partial charge in [-0.1, -0.05) is 0 Å². The molecule has 0 saturated carbocycles. The van der Waals surface area contributed by atoms with E-state index in [1.54, 1.807) is 6.20 Å². The van der Waals surface area contributed by atoms with Gasteiger partial charge >= 0.3 is 0 Å². The Balaban J connectivity index is 2.86. The van der Waals surface area contributed by atoms with Crippen molar-refractivity contribution < 1.29 is 4.42 Å². The van der Waals surface area contributed by atoms with Gasteiger partial charge in [-0.15, -0.1) is 0 Å². The van der Waals surface area contributed by atoms with E-state index in [0.717, 1.165) is 16.8 Å². The molecule has 10 heavy (non-hydrogen) atoms. The SMILES string of the molecule is Cc1cc2ocnc2cn1. The lowest BCUT2D eigenvalue weighted by Gasteiger charge is -1.87. The summed E-state index contributed by atoms with van der Waals surface area (Å²) in [5, 5.41) is 0. The van der Waals surface area contributed by atoms with E-state index in [0.29, 0.717) is 0 Å². The minimum absolute atomic E-state index is 0.799. The standard InChI is InChI=1S/C7H6N2O/c1-5-2-7-6(3-8-5)9-4-10-7/h2-4H,1H3. The molecular weight excluding hydrogens is 128 g/mol. The Morgan fingerprint density at radius 1 is 1.40 bits per heavy atom. The highest BCUT2D eigenvalue weighted by Gasteiger charge is 1.96. The quantitative estimate of drug-likeness (QED) is 0.548. The first-order chi connectivity index (χ1) is 4.86. The van der Waals surface area contributed by atoms with Crippen LogP contribution in [0.25, 0.3) is 11.1 Å². The lowest BCUT2D eigenvalue weighted by molar-refractivity contribution is 0.601. The number of nitrogens with zero attached hydrogens (tertiary/aromatic N) is 2. The highest BCUT2D eigenvalue weighted by molar-refractivity contribution is 5.70. The highest BCUT2D eigenvalue weighted by atomic mass is 16.3. The second kappa shape index (κ2) is 1.80. The predicted molar refractivity (Wildman–Crippen MR) is 36.5 cm³/mol. The molecule has 0 bridgehead atoms. The molecule has 0 aromatic carbocycles. The van der Waals surface area contributed by atoms with Crippen molar-refractivity contribution in [2.24, 2.45) is 0 Å². The Morgan fingerprint density at radius 2 is 2.30 bits per heavy atom. The molecule has 0 amide bonds. The monoisotopic (exact) mass is 134 g/mol. The van der Waals surface area contributed by atoms with Crippen LogP contribution in [0.4, 0.5) is 0 Å². The van der Waals surface area contributed by atoms with Crippen molar-refractivity contribution in [3.05, 3.63) is 24.4 Å². The smallest absolute Gasteiger partial charge is 0.182 e. The van der Waals surface area contributed by atoms with E-state index in [1.165, 1.54) is 6.39 Å². The van der Waals surface area contributed by atoms with Gasteiger partial charge in [0, 0.05) is 11.8 Å². The maximum absolute atomic E-state index is 5.05. The fraction of sp³-hybridized carbons (Fsp3) is 0.143. The van der Waals surface area contributed by atoms with Crippen molar-refractivity contribution in [1.29, 1.82) is 0 Å². The van der Waals surface area contributed by atoms with Crippen LogP contribution in [-0.4, -0.2) is 9.97 Å². The lowest BCUT2D eigenvalue weighted by Crippen LogP contribution is -1.77. The van der Waals surface area contributed by atoms with Gasteiger partial charge in [-0.05, 0) is 6.92 Å². The van der Waals surface area contributed by atoms with E-state index in [9.17, 15) is 0 Å². The molecule has 0 atom stereocenters. The first kappa shape index (κ1) is 5.41. The summed E-state index contributed by atoms with van der Waals surface area (Å²) in [6, 6.07) is 1.86. The Kier molecular flexibility index (Phi) is 0.974. The van der Waals surface area contributed by atoms with Crippen molar-refractivity contribution in [2.45, 2.75) is 6.92 Å². The number of pyridine rings is 1. The summed E-state index contributed by atoms with van der Waals surface area (Å²) in [4.78, 5) is 7.99. The summed E-state index contributed by atoms with van der Waals surface area (Å²) in [5.74, 6) is 0. The average Bonchev–Trinajstić information content (AvgIpc) is 2.33. The van der Waals surface area contributed by atoms with Crippen LogP contribution < -0.4 is 0 Å². The van der Waals surface area contributed by atoms with Crippen LogP contribution in [0.15, 0.2) is 23.1 Å². The highest BCUT2D eigenvalue weighted by Crippen LogP contribution is 2.10. The van der Waals surface area contributed by atoms with Crippen LogP contribution in [0.2, 0.25) is 0 Å². The number of fused-ring (bicyclic) bond motifs is 1. The van der Waals surface area contributed by atoms with Gasteiger partial charge in [0.25, 0.3) is 0 Å². The first-order valence-corrected chi connectivity index (χ1v) is 3.02. The third-order valence-electron chi connectivity index (χ3n) is 1.35. The topological polar surface area (TPSA) is 38.9 Å². The van der Waals surface area contributed by atoms with Gasteiger partial charge in [0.05, 0.1) is 6.20 Å². The second-order valence-corrected chi connectivity index (χ2v) is 2.15. The molecule has 0 aliphatic carbocycles. The Hall–Kier alpha value is -1.38. The Morgan fingerprint density at radius 3 is 3.20 bits per heavy atom. The lowest BCUT2D eigenvalue weighted by atomic mass is 10.3. The molecule has 2 aromatic heterocycles. The largest absolute Gasteiger partial charge is 0.443 e. The fourth-order valence-electron chi connectivity index (χ4n) is 0.859. The van der Waals surface area contributed by atoms with Gasteiger partial charge in [-0.3, -0.25) is 4.98 Å². The Labute approximate surface area is 57.7 Å². The van der Waals surface area contributed by atoms with Crippen molar-refractivity contribution in [2.75, 3.05) is 0 Å². The first-order valence-electron chi connectivity index (χ1n) is 3.02. The number of hydrogen-bond acceptors (Lipinski definition) is 3. The third-order valence-corrected chi connectivity index (χ3v) is 1.35. The van der Waals surface area contributed by atoms with Crippen molar-refractivity contribution in [3.63, 3.8) is 0 Å². The van der Waals surface area contributed by atoms with E-state index in [4.69, 9.17) is 4.42 Å². The summed E-state index contributed by atoms with van der Waals surface area (Å²) >= 11 is 0. The average molecular weight is 134 g/mol. The second-order valence-electron chi connectivity index (χ2n) is 2.15. The van der Waals surface area contributed by atoms with Crippen LogP contribution >= 0.6 is 0 Å². The van der Waals surface area contributed by atoms with Gasteiger partial charge in [0.1, 0.15) is 5.52 Å². The molecule has 0 fully saturated rings. The fourth-order valence-corrected chi connectivity index (χ4v) is 0.859. The molecule has 3 heteroatoms. The van der Waals surface area contributed by atoms with Crippen LogP contribution in [0.1, 0.15) is 5.69 Å². The molecule has 0 radical (unpaired) electrons. The van der Waals surface area contributed by atoms with Crippen molar-refractivity contribution in [3.8, 4) is 0 Å². The molecule has 2 aromatic rings. The third kappa shape index (κ3) is 0.673. The molecule has 0 aliphatic rings. The summed E-state index contributed by atoms with van der Waals surface area (Å²) < 4.78 is 5.05. The number of aryl methyl sites for hydroxylation is 1. The van der Waals surface area contributed by atoms with E-state index >= 15 is 0 Å². The van der Waals surface area contributed by atoms with Crippen LogP contribution in [0, 0.1) is 6.92 Å². The van der Waals surface area contributed by atoms with E-state index in [1.807, 2.05) is 13.0 Å². The molecule has 0 aliphatic heterocycles. The minimum Gasteiger partial charge on any atom is -0.443 e. The predicted octanol–water partition coefficient (Wildman–Crippen LogP) is 1.53. The summed E-state index contributed by atoms with van der Waals surface area (Å²) in [5.41, 5.74) is 2.56. The van der Waals surface area contributed by atoms with E-state index < -0.39 is 0 Å². The van der Waals surface area contributed by atoms with Gasteiger partial charge < -0.3 is 4.42 Å². The van der Waals surface area contributed by atoms with Crippen LogP contribution in [0.5, 0.6) is 0 Å². The number of rotatable bonds is 0. The molecule has 50 valence electrons. The molecule has 0 spiro atoms. The molecule has 3 nitrogen and oxygen atoms in total. The molecule has 2 rings (SSSR count). The van der Waals surface area contributed by atoms with Gasteiger partial charge in [0.15, 0.2) is 12.0 Å². The van der Waals surface area contributed by atoms with Crippen LogP contribution in [-0.2, 0) is 0 Å².